The van der Waals surface area contributed by atoms with Crippen molar-refractivity contribution in [3.05, 3.63) is 29.8 Å². The summed E-state index contributed by atoms with van der Waals surface area (Å²) >= 11 is 0. The van der Waals surface area contributed by atoms with Gasteiger partial charge in [0.25, 0.3) is 0 Å². The molecule has 2 N–H and O–H groups in total. The molecule has 1 aromatic rings. The first-order chi connectivity index (χ1) is 9.70. The number of amides is 1. The number of nitrogens with one attached hydrogen (secondary N) is 2. The number of halogens is 1. The number of carbonyl (C=O) groups excluding carboxylic acids is 1. The molecular weight excluding hydrogens is 288 g/mol. The van der Waals surface area contributed by atoms with Crippen LogP contribution in [0.5, 0.6) is 5.75 Å². The number of carbonyl (C=O) groups is 1. The number of benzene rings is 1. The highest BCUT2D eigenvalue weighted by Crippen LogP contribution is 2.18. The van der Waals surface area contributed by atoms with Gasteiger partial charge in [0.15, 0.2) is 0 Å². The molecule has 1 fully saturated rings. The maximum Gasteiger partial charge on any atom is 0.237 e. The molecule has 2 rings (SSSR count). The van der Waals surface area contributed by atoms with Crippen molar-refractivity contribution in [3.8, 4) is 5.75 Å². The second-order valence-corrected chi connectivity index (χ2v) is 5.30. The van der Waals surface area contributed by atoms with Crippen LogP contribution in [0.15, 0.2) is 24.3 Å². The number of hydrogen-bond acceptors (Lipinski definition) is 3. The SMILES string of the molecule is CCCOc1ccc(C(C)NC(=O)C2CCCN2)cc1.Cl. The molecule has 5 heteroatoms. The largest absolute Gasteiger partial charge is 0.494 e. The maximum absolute atomic E-state index is 12.0. The molecule has 118 valence electrons. The van der Waals surface area contributed by atoms with Crippen molar-refractivity contribution in [1.29, 1.82) is 0 Å². The minimum absolute atomic E-state index is 0. The number of hydrogen-bond donors (Lipinski definition) is 2. The molecule has 2 atom stereocenters. The van der Waals surface area contributed by atoms with Gasteiger partial charge < -0.3 is 15.4 Å². The Morgan fingerprint density at radius 2 is 2.14 bits per heavy atom. The third-order valence-corrected chi connectivity index (χ3v) is 3.59. The van der Waals surface area contributed by atoms with Crippen molar-refractivity contribution in [3.63, 3.8) is 0 Å². The van der Waals surface area contributed by atoms with E-state index in [0.717, 1.165) is 43.7 Å². The molecule has 0 spiro atoms. The zero-order valence-electron chi connectivity index (χ0n) is 12.7. The normalized spacial score (nSPS) is 18.7. The minimum atomic E-state index is -0.0235. The lowest BCUT2D eigenvalue weighted by Gasteiger charge is -2.18. The molecule has 4 nitrogen and oxygen atoms in total. The third kappa shape index (κ3) is 5.21. The Kier molecular flexibility index (Phi) is 7.54. The fourth-order valence-corrected chi connectivity index (χ4v) is 2.38. The van der Waals surface area contributed by atoms with Crippen LogP contribution in [0.2, 0.25) is 0 Å². The lowest BCUT2D eigenvalue weighted by atomic mass is 10.1. The van der Waals surface area contributed by atoms with E-state index in [9.17, 15) is 4.79 Å². The van der Waals surface area contributed by atoms with Crippen LogP contribution in [0.1, 0.15) is 44.7 Å². The summed E-state index contributed by atoms with van der Waals surface area (Å²) in [4.78, 5) is 12.0. The fourth-order valence-electron chi connectivity index (χ4n) is 2.38. The van der Waals surface area contributed by atoms with E-state index in [0.29, 0.717) is 0 Å². The van der Waals surface area contributed by atoms with Gasteiger partial charge in [-0.2, -0.15) is 0 Å². The van der Waals surface area contributed by atoms with Gasteiger partial charge in [-0.15, -0.1) is 12.4 Å². The predicted octanol–water partition coefficient (Wildman–Crippen LogP) is 2.83. The zero-order chi connectivity index (χ0) is 14.4. The van der Waals surface area contributed by atoms with Crippen LogP contribution in [-0.4, -0.2) is 25.1 Å². The molecule has 0 aliphatic carbocycles. The van der Waals surface area contributed by atoms with Gasteiger partial charge in [0.1, 0.15) is 5.75 Å². The van der Waals surface area contributed by atoms with E-state index < -0.39 is 0 Å². The summed E-state index contributed by atoms with van der Waals surface area (Å²) in [7, 11) is 0. The molecule has 1 aromatic carbocycles. The fraction of sp³-hybridized carbons (Fsp3) is 0.562. The van der Waals surface area contributed by atoms with E-state index in [4.69, 9.17) is 4.74 Å². The molecule has 0 saturated carbocycles. The smallest absolute Gasteiger partial charge is 0.237 e. The van der Waals surface area contributed by atoms with Crippen molar-refractivity contribution in [2.45, 2.75) is 45.2 Å². The van der Waals surface area contributed by atoms with Crippen molar-refractivity contribution < 1.29 is 9.53 Å². The number of ether oxygens (including phenoxy) is 1. The van der Waals surface area contributed by atoms with E-state index in [1.165, 1.54) is 0 Å². The van der Waals surface area contributed by atoms with Gasteiger partial charge in [-0.1, -0.05) is 19.1 Å². The van der Waals surface area contributed by atoms with Crippen LogP contribution in [0.4, 0.5) is 0 Å². The molecular formula is C16H25ClN2O2. The van der Waals surface area contributed by atoms with E-state index >= 15 is 0 Å². The van der Waals surface area contributed by atoms with Gasteiger partial charge >= 0.3 is 0 Å². The zero-order valence-corrected chi connectivity index (χ0v) is 13.5. The van der Waals surface area contributed by atoms with E-state index in [-0.39, 0.29) is 30.4 Å². The molecule has 0 aromatic heterocycles. The first-order valence-corrected chi connectivity index (χ1v) is 7.47. The molecule has 1 aliphatic heterocycles. The molecule has 0 bridgehead atoms. The summed E-state index contributed by atoms with van der Waals surface area (Å²) in [6, 6.07) is 7.94. The summed E-state index contributed by atoms with van der Waals surface area (Å²) < 4.78 is 5.55. The van der Waals surface area contributed by atoms with Crippen LogP contribution in [0.3, 0.4) is 0 Å². The highest BCUT2D eigenvalue weighted by atomic mass is 35.5. The van der Waals surface area contributed by atoms with Gasteiger partial charge in [0.05, 0.1) is 18.7 Å². The summed E-state index contributed by atoms with van der Waals surface area (Å²) in [5.41, 5.74) is 1.10. The average Bonchev–Trinajstić information content (AvgIpc) is 3.00. The van der Waals surface area contributed by atoms with Crippen molar-refractivity contribution >= 4 is 18.3 Å². The van der Waals surface area contributed by atoms with Gasteiger partial charge in [0, 0.05) is 0 Å². The molecule has 2 unspecified atom stereocenters. The summed E-state index contributed by atoms with van der Waals surface area (Å²) in [5.74, 6) is 0.980. The topological polar surface area (TPSA) is 50.4 Å². The van der Waals surface area contributed by atoms with Gasteiger partial charge in [-0.25, -0.2) is 0 Å². The summed E-state index contributed by atoms with van der Waals surface area (Å²) in [6.07, 6.45) is 3.01. The first kappa shape index (κ1) is 17.8. The van der Waals surface area contributed by atoms with Gasteiger partial charge in [-0.3, -0.25) is 4.79 Å². The molecule has 1 aliphatic rings. The Morgan fingerprint density at radius 3 is 2.71 bits per heavy atom. The van der Waals surface area contributed by atoms with Crippen molar-refractivity contribution in [1.82, 2.24) is 10.6 Å². The first-order valence-electron chi connectivity index (χ1n) is 7.47. The molecule has 1 amide bonds. The quantitative estimate of drug-likeness (QED) is 0.849. The second-order valence-electron chi connectivity index (χ2n) is 5.30. The van der Waals surface area contributed by atoms with Gasteiger partial charge in [-0.05, 0) is 50.4 Å². The standard InChI is InChI=1S/C16H24N2O2.ClH/c1-3-11-20-14-8-6-13(7-9-14)12(2)18-16(19)15-5-4-10-17-15;/h6-9,12,15,17H,3-5,10-11H2,1-2H3,(H,18,19);1H. The van der Waals surface area contributed by atoms with Crippen molar-refractivity contribution in [2.24, 2.45) is 0 Å². The molecule has 21 heavy (non-hydrogen) atoms. The Morgan fingerprint density at radius 1 is 1.43 bits per heavy atom. The lowest BCUT2D eigenvalue weighted by molar-refractivity contribution is -0.123. The van der Waals surface area contributed by atoms with E-state index in [1.807, 2.05) is 31.2 Å². The molecule has 0 radical (unpaired) electrons. The average molecular weight is 313 g/mol. The van der Waals surface area contributed by atoms with Crippen LogP contribution in [-0.2, 0) is 4.79 Å². The lowest BCUT2D eigenvalue weighted by Crippen LogP contribution is -2.41. The van der Waals surface area contributed by atoms with Crippen LogP contribution >= 0.6 is 12.4 Å². The third-order valence-electron chi connectivity index (χ3n) is 3.59. The predicted molar refractivity (Wildman–Crippen MR) is 87.1 cm³/mol. The Balaban J connectivity index is 0.00000220. The highest BCUT2D eigenvalue weighted by molar-refractivity contribution is 5.85. The minimum Gasteiger partial charge on any atom is -0.494 e. The van der Waals surface area contributed by atoms with Crippen LogP contribution < -0.4 is 15.4 Å². The van der Waals surface area contributed by atoms with Crippen LogP contribution in [0, 0.1) is 0 Å². The molecule has 1 heterocycles. The van der Waals surface area contributed by atoms with Crippen molar-refractivity contribution in [2.75, 3.05) is 13.2 Å². The monoisotopic (exact) mass is 312 g/mol. The van der Waals surface area contributed by atoms with Crippen LogP contribution in [0.25, 0.3) is 0 Å². The Labute approximate surface area is 133 Å². The molecule has 1 saturated heterocycles. The Bertz CT molecular complexity index is 430. The Hall–Kier alpha value is -1.26. The van der Waals surface area contributed by atoms with E-state index in [2.05, 4.69) is 17.6 Å². The summed E-state index contributed by atoms with van der Waals surface area (Å²) in [6.45, 7) is 5.77. The summed E-state index contributed by atoms with van der Waals surface area (Å²) in [5, 5.41) is 6.27. The van der Waals surface area contributed by atoms with Gasteiger partial charge in [0.2, 0.25) is 5.91 Å². The highest BCUT2D eigenvalue weighted by Gasteiger charge is 2.23. The van der Waals surface area contributed by atoms with E-state index in [1.54, 1.807) is 0 Å². The second kappa shape index (κ2) is 8.90. The maximum atomic E-state index is 12.0. The number of rotatable bonds is 6.